The summed E-state index contributed by atoms with van der Waals surface area (Å²) in [6.07, 6.45) is 0. The minimum Gasteiger partial charge on any atom is -0.488 e. The van der Waals surface area contributed by atoms with Crippen LogP contribution in [0.1, 0.15) is 42.0 Å². The Kier molecular flexibility index (Phi) is 2.59. The standard InChI is InChI=1S/C16H17NO2/c1-8(2)14-11-5-9(3)6-13-15(11)12(7-19-13)10(4)16(14)17-18/h5-6,8H,7H2,1-4H3. The average Bonchev–Trinajstić information content (AvgIpc) is 2.76. The lowest BCUT2D eigenvalue weighted by atomic mass is 9.88. The predicted octanol–water partition coefficient (Wildman–Crippen LogP) is 4.87. The molecule has 2 aromatic carbocycles. The molecule has 19 heavy (non-hydrogen) atoms. The van der Waals surface area contributed by atoms with E-state index in [1.54, 1.807) is 0 Å². The van der Waals surface area contributed by atoms with Crippen molar-refractivity contribution in [1.29, 1.82) is 0 Å². The van der Waals surface area contributed by atoms with Crippen LogP contribution in [0.3, 0.4) is 0 Å². The number of aryl methyl sites for hydroxylation is 1. The minimum atomic E-state index is 0.260. The van der Waals surface area contributed by atoms with Crippen LogP contribution in [0.4, 0.5) is 5.69 Å². The van der Waals surface area contributed by atoms with E-state index >= 15 is 0 Å². The Morgan fingerprint density at radius 2 is 2.00 bits per heavy atom. The van der Waals surface area contributed by atoms with Gasteiger partial charge < -0.3 is 4.74 Å². The molecule has 0 saturated heterocycles. The van der Waals surface area contributed by atoms with Gasteiger partial charge in [0.2, 0.25) is 0 Å². The molecule has 0 aromatic heterocycles. The van der Waals surface area contributed by atoms with E-state index in [0.29, 0.717) is 12.3 Å². The van der Waals surface area contributed by atoms with Gasteiger partial charge in [0.15, 0.2) is 0 Å². The van der Waals surface area contributed by atoms with Crippen molar-refractivity contribution in [2.24, 2.45) is 5.18 Å². The summed E-state index contributed by atoms with van der Waals surface area (Å²) >= 11 is 0. The van der Waals surface area contributed by atoms with Crippen LogP contribution in [0, 0.1) is 18.8 Å². The summed E-state index contributed by atoms with van der Waals surface area (Å²) in [5, 5.41) is 5.59. The number of hydrogen-bond acceptors (Lipinski definition) is 3. The number of nitroso groups, excluding NO2 is 1. The van der Waals surface area contributed by atoms with Gasteiger partial charge in [-0.1, -0.05) is 19.9 Å². The Morgan fingerprint density at radius 3 is 2.63 bits per heavy atom. The van der Waals surface area contributed by atoms with Gasteiger partial charge in [-0.2, -0.15) is 0 Å². The van der Waals surface area contributed by atoms with Gasteiger partial charge in [0.25, 0.3) is 0 Å². The summed E-state index contributed by atoms with van der Waals surface area (Å²) in [4.78, 5) is 11.3. The highest BCUT2D eigenvalue weighted by atomic mass is 16.5. The number of ether oxygens (including phenoxy) is 1. The van der Waals surface area contributed by atoms with E-state index in [1.807, 2.05) is 6.92 Å². The van der Waals surface area contributed by atoms with Crippen LogP contribution >= 0.6 is 0 Å². The fourth-order valence-corrected chi connectivity index (χ4v) is 3.08. The molecule has 0 spiro atoms. The van der Waals surface area contributed by atoms with Crippen molar-refractivity contribution < 1.29 is 4.74 Å². The van der Waals surface area contributed by atoms with E-state index in [2.05, 4.69) is 38.1 Å². The molecular formula is C16H17NO2. The maximum atomic E-state index is 11.3. The molecule has 3 rings (SSSR count). The molecule has 0 fully saturated rings. The van der Waals surface area contributed by atoms with Crippen LogP contribution in [0.25, 0.3) is 10.8 Å². The zero-order valence-electron chi connectivity index (χ0n) is 11.7. The predicted molar refractivity (Wildman–Crippen MR) is 77.3 cm³/mol. The average molecular weight is 255 g/mol. The van der Waals surface area contributed by atoms with E-state index < -0.39 is 0 Å². The topological polar surface area (TPSA) is 38.7 Å². The molecule has 0 aliphatic carbocycles. The van der Waals surface area contributed by atoms with Crippen LogP contribution < -0.4 is 4.74 Å². The second-order valence-electron chi connectivity index (χ2n) is 5.59. The highest BCUT2D eigenvalue weighted by Crippen LogP contribution is 2.46. The summed E-state index contributed by atoms with van der Waals surface area (Å²) in [5.41, 5.74) is 4.87. The zero-order valence-corrected chi connectivity index (χ0v) is 11.7. The molecule has 0 atom stereocenters. The van der Waals surface area contributed by atoms with Crippen molar-refractivity contribution in [2.45, 2.75) is 40.2 Å². The molecule has 2 aromatic rings. The fraction of sp³-hybridized carbons (Fsp3) is 0.375. The molecule has 0 N–H and O–H groups in total. The summed E-state index contributed by atoms with van der Waals surface area (Å²) in [7, 11) is 0. The van der Waals surface area contributed by atoms with Crippen LogP contribution in [-0.4, -0.2) is 0 Å². The third-order valence-electron chi connectivity index (χ3n) is 3.94. The molecule has 0 unspecified atom stereocenters. The summed E-state index contributed by atoms with van der Waals surface area (Å²) in [6, 6.07) is 4.21. The van der Waals surface area contributed by atoms with Crippen molar-refractivity contribution in [3.63, 3.8) is 0 Å². The maximum Gasteiger partial charge on any atom is 0.128 e. The van der Waals surface area contributed by atoms with E-state index in [0.717, 1.165) is 33.4 Å². The van der Waals surface area contributed by atoms with Gasteiger partial charge in [0, 0.05) is 10.9 Å². The van der Waals surface area contributed by atoms with E-state index in [9.17, 15) is 4.91 Å². The number of benzene rings is 2. The summed E-state index contributed by atoms with van der Waals surface area (Å²) in [6.45, 7) is 8.76. The maximum absolute atomic E-state index is 11.3. The van der Waals surface area contributed by atoms with Gasteiger partial charge >= 0.3 is 0 Å². The molecule has 1 heterocycles. The fourth-order valence-electron chi connectivity index (χ4n) is 3.08. The van der Waals surface area contributed by atoms with E-state index in [-0.39, 0.29) is 5.92 Å². The van der Waals surface area contributed by atoms with Crippen LogP contribution in [0.5, 0.6) is 5.75 Å². The van der Waals surface area contributed by atoms with E-state index in [1.165, 1.54) is 5.39 Å². The Hall–Kier alpha value is -1.90. The highest BCUT2D eigenvalue weighted by molar-refractivity contribution is 6.00. The monoisotopic (exact) mass is 255 g/mol. The molecule has 0 amide bonds. The van der Waals surface area contributed by atoms with Gasteiger partial charge in [-0.25, -0.2) is 0 Å². The zero-order chi connectivity index (χ0) is 13.7. The lowest BCUT2D eigenvalue weighted by molar-refractivity contribution is 0.326. The van der Waals surface area contributed by atoms with Gasteiger partial charge in [0.1, 0.15) is 18.0 Å². The van der Waals surface area contributed by atoms with Gasteiger partial charge in [-0.05, 0) is 53.1 Å². The molecule has 1 aliphatic rings. The van der Waals surface area contributed by atoms with Crippen LogP contribution in [0.2, 0.25) is 0 Å². The normalized spacial score (nSPS) is 13.1. The first-order valence-corrected chi connectivity index (χ1v) is 6.60. The van der Waals surface area contributed by atoms with Crippen LogP contribution in [0.15, 0.2) is 17.3 Å². The first kappa shape index (κ1) is 12.2. The number of nitrogens with zero attached hydrogens (tertiary/aromatic N) is 1. The van der Waals surface area contributed by atoms with Crippen molar-refractivity contribution in [3.8, 4) is 5.75 Å². The quantitative estimate of drug-likeness (QED) is 0.718. The second-order valence-corrected chi connectivity index (χ2v) is 5.59. The summed E-state index contributed by atoms with van der Waals surface area (Å²) in [5.74, 6) is 1.20. The second kappa shape index (κ2) is 4.05. The third-order valence-corrected chi connectivity index (χ3v) is 3.94. The van der Waals surface area contributed by atoms with Crippen molar-refractivity contribution in [2.75, 3.05) is 0 Å². The lowest BCUT2D eigenvalue weighted by Gasteiger charge is -2.16. The Labute approximate surface area is 112 Å². The lowest BCUT2D eigenvalue weighted by Crippen LogP contribution is -1.96. The van der Waals surface area contributed by atoms with Crippen molar-refractivity contribution in [3.05, 3.63) is 39.3 Å². The Morgan fingerprint density at radius 1 is 1.26 bits per heavy atom. The first-order valence-electron chi connectivity index (χ1n) is 6.60. The SMILES string of the molecule is Cc1cc2c3c(c(C)c(N=O)c(C(C)C)c3c1)CO2. The molecule has 1 aliphatic heterocycles. The molecular weight excluding hydrogens is 238 g/mol. The Balaban J connectivity index is 2.57. The highest BCUT2D eigenvalue weighted by Gasteiger charge is 2.25. The molecule has 0 bridgehead atoms. The minimum absolute atomic E-state index is 0.260. The summed E-state index contributed by atoms with van der Waals surface area (Å²) < 4.78 is 5.77. The molecule has 0 saturated carbocycles. The first-order chi connectivity index (χ1) is 9.04. The smallest absolute Gasteiger partial charge is 0.128 e. The Bertz CT molecular complexity index is 702. The van der Waals surface area contributed by atoms with Crippen molar-refractivity contribution in [1.82, 2.24) is 0 Å². The third kappa shape index (κ3) is 1.57. The van der Waals surface area contributed by atoms with Crippen molar-refractivity contribution >= 4 is 16.5 Å². The van der Waals surface area contributed by atoms with Gasteiger partial charge in [-0.3, -0.25) is 0 Å². The molecule has 3 nitrogen and oxygen atoms in total. The number of rotatable bonds is 2. The van der Waals surface area contributed by atoms with Crippen LogP contribution in [-0.2, 0) is 6.61 Å². The largest absolute Gasteiger partial charge is 0.488 e. The molecule has 0 radical (unpaired) electrons. The molecule has 98 valence electrons. The van der Waals surface area contributed by atoms with E-state index in [4.69, 9.17) is 4.74 Å². The van der Waals surface area contributed by atoms with Gasteiger partial charge in [-0.15, -0.1) is 4.91 Å². The molecule has 3 heteroatoms. The van der Waals surface area contributed by atoms with Gasteiger partial charge in [0.05, 0.1) is 0 Å². The number of hydrogen-bond donors (Lipinski definition) is 0.